The number of hydrogen-bond donors (Lipinski definition) is 0. The van der Waals surface area contributed by atoms with Crippen LogP contribution in [0.4, 0.5) is 10.1 Å². The van der Waals surface area contributed by atoms with Gasteiger partial charge in [0.1, 0.15) is 17.1 Å². The number of halogens is 2. The second kappa shape index (κ2) is 7.40. The van der Waals surface area contributed by atoms with Crippen molar-refractivity contribution in [3.63, 3.8) is 0 Å². The molecule has 4 rings (SSSR count). The number of nitrogens with zero attached hydrogens (tertiary/aromatic N) is 1. The highest BCUT2D eigenvalue weighted by Gasteiger charge is 2.24. The van der Waals surface area contributed by atoms with E-state index in [1.807, 2.05) is 11.0 Å². The SMILES string of the molecule is COC(=O)Cc1c(C)c2ccc3c(c2oc1=O)CN(c1ccc(F)c(Cl)c1)CO3. The molecular weight excluding hydrogens is 401 g/mol. The third kappa shape index (κ3) is 3.42. The van der Waals surface area contributed by atoms with Crippen LogP contribution >= 0.6 is 11.6 Å². The van der Waals surface area contributed by atoms with E-state index in [2.05, 4.69) is 4.74 Å². The maximum Gasteiger partial charge on any atom is 0.340 e. The zero-order chi connectivity index (χ0) is 20.7. The van der Waals surface area contributed by atoms with Gasteiger partial charge in [-0.1, -0.05) is 11.6 Å². The predicted molar refractivity (Wildman–Crippen MR) is 106 cm³/mol. The molecule has 1 aliphatic rings. The first-order valence-electron chi connectivity index (χ1n) is 8.87. The smallest absolute Gasteiger partial charge is 0.340 e. The molecule has 1 aliphatic heterocycles. The van der Waals surface area contributed by atoms with Gasteiger partial charge in [0, 0.05) is 11.1 Å². The lowest BCUT2D eigenvalue weighted by Crippen LogP contribution is -2.32. The van der Waals surface area contributed by atoms with Crippen LogP contribution < -0.4 is 15.3 Å². The van der Waals surface area contributed by atoms with Crippen molar-refractivity contribution in [1.82, 2.24) is 0 Å². The molecule has 0 amide bonds. The van der Waals surface area contributed by atoms with Crippen molar-refractivity contribution in [3.8, 4) is 5.75 Å². The second-order valence-corrected chi connectivity index (χ2v) is 7.14. The van der Waals surface area contributed by atoms with Gasteiger partial charge >= 0.3 is 11.6 Å². The van der Waals surface area contributed by atoms with Crippen LogP contribution in [-0.4, -0.2) is 19.8 Å². The van der Waals surface area contributed by atoms with Gasteiger partial charge in [-0.25, -0.2) is 9.18 Å². The fraction of sp³-hybridized carbons (Fsp3) is 0.238. The van der Waals surface area contributed by atoms with Crippen molar-refractivity contribution in [2.24, 2.45) is 0 Å². The van der Waals surface area contributed by atoms with E-state index in [0.29, 0.717) is 40.1 Å². The van der Waals surface area contributed by atoms with E-state index in [9.17, 15) is 14.0 Å². The maximum absolute atomic E-state index is 13.5. The molecule has 0 atom stereocenters. The third-order valence-corrected chi connectivity index (χ3v) is 5.35. The Labute approximate surface area is 170 Å². The minimum Gasteiger partial charge on any atom is -0.473 e. The summed E-state index contributed by atoms with van der Waals surface area (Å²) in [5.74, 6) is -0.412. The normalized spacial score (nSPS) is 13.2. The number of methoxy groups -OCH3 is 1. The van der Waals surface area contributed by atoms with Crippen LogP contribution in [0.25, 0.3) is 11.0 Å². The van der Waals surface area contributed by atoms with Crippen LogP contribution in [0.5, 0.6) is 5.75 Å². The minimum absolute atomic E-state index is 0.0149. The number of aryl methyl sites for hydroxylation is 1. The number of carbonyl (C=O) groups is 1. The lowest BCUT2D eigenvalue weighted by molar-refractivity contribution is -0.139. The van der Waals surface area contributed by atoms with Crippen molar-refractivity contribution in [1.29, 1.82) is 0 Å². The quantitative estimate of drug-likeness (QED) is 0.474. The number of rotatable bonds is 3. The van der Waals surface area contributed by atoms with E-state index in [0.717, 1.165) is 0 Å². The Morgan fingerprint density at radius 1 is 1.31 bits per heavy atom. The Bertz CT molecular complexity index is 1190. The summed E-state index contributed by atoms with van der Waals surface area (Å²) in [7, 11) is 1.27. The standard InChI is InChI=1S/C21H17ClFNO5/c1-11-13-4-6-18-15(20(13)29-21(26)14(11)8-19(25)27-2)9-24(10-28-18)12-3-5-17(23)16(22)7-12/h3-7H,8-10H2,1-2H3. The van der Waals surface area contributed by atoms with Gasteiger partial charge in [0.15, 0.2) is 6.73 Å². The fourth-order valence-corrected chi connectivity index (χ4v) is 3.60. The number of benzene rings is 2. The van der Waals surface area contributed by atoms with Crippen LogP contribution in [0.15, 0.2) is 39.5 Å². The first-order valence-corrected chi connectivity index (χ1v) is 9.24. The van der Waals surface area contributed by atoms with Crippen LogP contribution in [0.1, 0.15) is 16.7 Å². The molecule has 8 heteroatoms. The summed E-state index contributed by atoms with van der Waals surface area (Å²) in [6, 6.07) is 8.03. The van der Waals surface area contributed by atoms with Crippen LogP contribution in [0.3, 0.4) is 0 Å². The second-order valence-electron chi connectivity index (χ2n) is 6.73. The summed E-state index contributed by atoms with van der Waals surface area (Å²) in [6.45, 7) is 2.39. The number of carbonyl (C=O) groups excluding carboxylic acids is 1. The molecular formula is C21H17ClFNO5. The lowest BCUT2D eigenvalue weighted by Gasteiger charge is -2.31. The molecule has 0 radical (unpaired) electrons. The van der Waals surface area contributed by atoms with E-state index in [-0.39, 0.29) is 23.7 Å². The van der Waals surface area contributed by atoms with Crippen molar-refractivity contribution < 1.29 is 23.1 Å². The molecule has 0 bridgehead atoms. The average Bonchev–Trinajstić information content (AvgIpc) is 2.72. The monoisotopic (exact) mass is 417 g/mol. The molecule has 0 saturated heterocycles. The van der Waals surface area contributed by atoms with Crippen molar-refractivity contribution >= 4 is 34.2 Å². The Kier molecular flexibility index (Phi) is 4.92. The molecule has 0 N–H and O–H groups in total. The van der Waals surface area contributed by atoms with Gasteiger partial charge in [0.2, 0.25) is 0 Å². The number of fused-ring (bicyclic) bond motifs is 3. The van der Waals surface area contributed by atoms with Crippen LogP contribution in [0, 0.1) is 12.7 Å². The molecule has 0 unspecified atom stereocenters. The zero-order valence-electron chi connectivity index (χ0n) is 15.8. The summed E-state index contributed by atoms with van der Waals surface area (Å²) < 4.78 is 29.6. The van der Waals surface area contributed by atoms with Crippen molar-refractivity contribution in [3.05, 3.63) is 68.3 Å². The van der Waals surface area contributed by atoms with E-state index >= 15 is 0 Å². The number of anilines is 1. The number of esters is 1. The van der Waals surface area contributed by atoms with Gasteiger partial charge in [-0.05, 0) is 42.8 Å². The molecule has 2 aromatic carbocycles. The molecule has 0 saturated carbocycles. The van der Waals surface area contributed by atoms with Gasteiger partial charge in [-0.3, -0.25) is 4.79 Å². The van der Waals surface area contributed by atoms with Gasteiger partial charge < -0.3 is 18.8 Å². The molecule has 29 heavy (non-hydrogen) atoms. The summed E-state index contributed by atoms with van der Waals surface area (Å²) in [6.07, 6.45) is -0.158. The van der Waals surface area contributed by atoms with Gasteiger partial charge in [-0.2, -0.15) is 0 Å². The number of ether oxygens (including phenoxy) is 2. The maximum atomic E-state index is 13.5. The van der Waals surface area contributed by atoms with E-state index in [1.165, 1.54) is 19.2 Å². The average molecular weight is 418 g/mol. The third-order valence-electron chi connectivity index (χ3n) is 5.06. The minimum atomic E-state index is -0.587. The van der Waals surface area contributed by atoms with Crippen molar-refractivity contribution in [2.75, 3.05) is 18.7 Å². The highest BCUT2D eigenvalue weighted by Crippen LogP contribution is 2.36. The first-order chi connectivity index (χ1) is 13.9. The van der Waals surface area contributed by atoms with E-state index in [4.69, 9.17) is 20.8 Å². The van der Waals surface area contributed by atoms with E-state index < -0.39 is 17.4 Å². The lowest BCUT2D eigenvalue weighted by atomic mass is 10.00. The Morgan fingerprint density at radius 2 is 2.10 bits per heavy atom. The van der Waals surface area contributed by atoms with Gasteiger partial charge in [0.05, 0.1) is 36.2 Å². The zero-order valence-corrected chi connectivity index (χ0v) is 16.5. The topological polar surface area (TPSA) is 69.0 Å². The predicted octanol–water partition coefficient (Wildman–Crippen LogP) is 3.97. The summed E-state index contributed by atoms with van der Waals surface area (Å²) in [5, 5.41) is 0.728. The number of hydrogen-bond acceptors (Lipinski definition) is 6. The first kappa shape index (κ1) is 19.3. The van der Waals surface area contributed by atoms with Crippen LogP contribution in [0.2, 0.25) is 5.02 Å². The Balaban J connectivity index is 1.79. The largest absolute Gasteiger partial charge is 0.473 e. The Hall–Kier alpha value is -3.06. The summed E-state index contributed by atoms with van der Waals surface area (Å²) >= 11 is 5.90. The van der Waals surface area contributed by atoms with Gasteiger partial charge in [0.25, 0.3) is 0 Å². The van der Waals surface area contributed by atoms with Crippen molar-refractivity contribution in [2.45, 2.75) is 19.9 Å². The molecule has 1 aromatic heterocycles. The van der Waals surface area contributed by atoms with Crippen LogP contribution in [-0.2, 0) is 22.5 Å². The summed E-state index contributed by atoms with van der Waals surface area (Å²) in [4.78, 5) is 26.0. The fourth-order valence-electron chi connectivity index (χ4n) is 3.43. The van der Waals surface area contributed by atoms with E-state index in [1.54, 1.807) is 19.1 Å². The highest BCUT2D eigenvalue weighted by atomic mass is 35.5. The molecule has 150 valence electrons. The molecule has 0 spiro atoms. The molecule has 0 fully saturated rings. The summed E-state index contributed by atoms with van der Waals surface area (Å²) in [5.41, 5.74) is 2.11. The highest BCUT2D eigenvalue weighted by molar-refractivity contribution is 6.31. The molecule has 2 heterocycles. The van der Waals surface area contributed by atoms with Gasteiger partial charge in [-0.15, -0.1) is 0 Å². The Morgan fingerprint density at radius 3 is 2.83 bits per heavy atom. The molecule has 0 aliphatic carbocycles. The molecule has 6 nitrogen and oxygen atoms in total. The molecule has 3 aromatic rings.